The van der Waals surface area contributed by atoms with Crippen LogP contribution in [0.3, 0.4) is 0 Å². The number of ether oxygens (including phenoxy) is 4. The number of aromatic nitrogens is 2. The molecule has 59 heavy (non-hydrogen) atoms. The van der Waals surface area contributed by atoms with Gasteiger partial charge in [0.15, 0.2) is 0 Å². The molecule has 2 fully saturated rings. The number of rotatable bonds is 23. The number of aliphatic hydroxyl groups is 3. The van der Waals surface area contributed by atoms with Crippen LogP contribution in [0.4, 0.5) is 0 Å². The van der Waals surface area contributed by atoms with Crippen LogP contribution in [0.2, 0.25) is 0 Å². The molecule has 4 rings (SSSR count). The van der Waals surface area contributed by atoms with E-state index in [0.717, 1.165) is 36.3 Å². The van der Waals surface area contributed by atoms with Crippen molar-refractivity contribution in [2.24, 2.45) is 0 Å². The smallest absolute Gasteiger partial charge is 0.326 e. The molecule has 1 aromatic carbocycles. The molecule has 0 spiro atoms. The predicted octanol–water partition coefficient (Wildman–Crippen LogP) is 4.32. The quantitative estimate of drug-likeness (QED) is 0.0465. The molecule has 1 saturated heterocycles. The van der Waals surface area contributed by atoms with Crippen molar-refractivity contribution in [3.05, 3.63) is 34.4 Å². The van der Waals surface area contributed by atoms with Gasteiger partial charge in [0.25, 0.3) is 5.91 Å². The van der Waals surface area contributed by atoms with Gasteiger partial charge in [0.05, 0.1) is 12.7 Å². The zero-order chi connectivity index (χ0) is 42.9. The Morgan fingerprint density at radius 2 is 1.63 bits per heavy atom. The number of unbranched alkanes of at least 4 members (excludes halogenated alkanes) is 3. The van der Waals surface area contributed by atoms with E-state index in [0.29, 0.717) is 54.4 Å². The Kier molecular flexibility index (Phi) is 19.9. The van der Waals surface area contributed by atoms with Gasteiger partial charge in [-0.15, -0.1) is 0 Å². The highest BCUT2D eigenvalue weighted by atomic mass is 33.1. The monoisotopic (exact) mass is 866 g/mol. The lowest BCUT2D eigenvalue weighted by Crippen LogP contribution is -2.58. The third-order valence-corrected chi connectivity index (χ3v) is 13.3. The van der Waals surface area contributed by atoms with Crippen molar-refractivity contribution in [3.63, 3.8) is 0 Å². The number of fused-ring (bicyclic) bond motifs is 1. The molecule has 5 unspecified atom stereocenters. The maximum absolute atomic E-state index is 13.1. The van der Waals surface area contributed by atoms with E-state index in [1.54, 1.807) is 47.9 Å². The molecule has 0 radical (unpaired) electrons. The van der Waals surface area contributed by atoms with Crippen molar-refractivity contribution in [1.29, 1.82) is 0 Å². The molecule has 1 aliphatic carbocycles. The summed E-state index contributed by atoms with van der Waals surface area (Å²) in [5.74, 6) is -0.915. The van der Waals surface area contributed by atoms with E-state index >= 15 is 0 Å². The van der Waals surface area contributed by atoms with Gasteiger partial charge in [0, 0.05) is 54.3 Å². The standard InChI is InChI=1S/C40H58N4O13S2/c1-5-6-7-8-20-58-59-33(25(2)44(24-45)22-36(48)54-23-32-38(50)39(51)37(49)26(3)55-32)18-19-53-34(46)10-9-11-35(47)56-29-15-13-28(14-16-29)43(4)40(52)27-12-17-30-31(21-27)42-57-41-30/h12,17,21,24,26,28-29,32,37-39,49-51H,5-11,13-16,18-20,22-23H2,1-4H3/b33-25-/t26?,28-,29-,32?,37?,38?,39?. The fourth-order valence-corrected chi connectivity index (χ4v) is 9.39. The van der Waals surface area contributed by atoms with E-state index in [9.17, 15) is 39.3 Å². The summed E-state index contributed by atoms with van der Waals surface area (Å²) in [6, 6.07) is 5.04. The summed E-state index contributed by atoms with van der Waals surface area (Å²) in [4.78, 5) is 66.8. The van der Waals surface area contributed by atoms with E-state index in [4.69, 9.17) is 23.6 Å². The van der Waals surface area contributed by atoms with Crippen LogP contribution in [0.15, 0.2) is 33.4 Å². The fourth-order valence-electron chi connectivity index (χ4n) is 6.80. The van der Waals surface area contributed by atoms with Gasteiger partial charge in [-0.25, -0.2) is 4.63 Å². The van der Waals surface area contributed by atoms with Crippen molar-refractivity contribution in [1.82, 2.24) is 20.1 Å². The largest absolute Gasteiger partial charge is 0.465 e. The first-order chi connectivity index (χ1) is 28.3. The highest BCUT2D eigenvalue weighted by molar-refractivity contribution is 8.78. The molecule has 2 heterocycles. The minimum atomic E-state index is -1.47. The first-order valence-corrected chi connectivity index (χ1v) is 22.6. The van der Waals surface area contributed by atoms with Gasteiger partial charge in [0.1, 0.15) is 54.7 Å². The number of hydrogen-bond acceptors (Lipinski definition) is 17. The van der Waals surface area contributed by atoms with Crippen molar-refractivity contribution in [2.75, 3.05) is 32.6 Å². The van der Waals surface area contributed by atoms with Gasteiger partial charge in [-0.05, 0) is 80.9 Å². The number of amides is 2. The van der Waals surface area contributed by atoms with Crippen molar-refractivity contribution >= 4 is 62.8 Å². The van der Waals surface area contributed by atoms with Crippen LogP contribution in [0.5, 0.6) is 0 Å². The first-order valence-electron chi connectivity index (χ1n) is 20.2. The van der Waals surface area contributed by atoms with Gasteiger partial charge < -0.3 is 44.1 Å². The Labute approximate surface area is 352 Å². The molecular weight excluding hydrogens is 809 g/mol. The van der Waals surface area contributed by atoms with Crippen LogP contribution < -0.4 is 0 Å². The summed E-state index contributed by atoms with van der Waals surface area (Å²) in [6.07, 6.45) is 1.72. The van der Waals surface area contributed by atoms with Crippen molar-refractivity contribution in [2.45, 2.75) is 140 Å². The Bertz CT molecular complexity index is 1720. The highest BCUT2D eigenvalue weighted by Gasteiger charge is 2.42. The molecule has 1 saturated carbocycles. The summed E-state index contributed by atoms with van der Waals surface area (Å²) < 4.78 is 26.6. The molecule has 5 atom stereocenters. The first kappa shape index (κ1) is 47.9. The minimum absolute atomic E-state index is 0.00132. The molecule has 17 nitrogen and oxygen atoms in total. The summed E-state index contributed by atoms with van der Waals surface area (Å²) in [7, 11) is 4.82. The normalized spacial score (nSPS) is 23.5. The zero-order valence-electron chi connectivity index (χ0n) is 34.2. The zero-order valence-corrected chi connectivity index (χ0v) is 35.8. The molecule has 1 aromatic heterocycles. The Morgan fingerprint density at radius 1 is 0.898 bits per heavy atom. The molecule has 0 bridgehead atoms. The minimum Gasteiger partial charge on any atom is -0.465 e. The SMILES string of the molecule is CCCCCCSS/C(CCOC(=O)CCCC(=O)O[C@H]1CC[C@H](N(C)C(=O)c2ccc3nonc3c2)CC1)=C(/C)N(C=O)CC(=O)OCC1OC(C)C(O)C(O)C1O. The average molecular weight is 867 g/mol. The van der Waals surface area contributed by atoms with E-state index in [2.05, 4.69) is 17.2 Å². The topological polar surface area (TPSA) is 228 Å². The van der Waals surface area contributed by atoms with Gasteiger partial charge >= 0.3 is 17.9 Å². The number of hydrogen-bond donors (Lipinski definition) is 3. The second-order valence-corrected chi connectivity index (χ2v) is 17.4. The molecule has 2 amide bonds. The molecule has 2 aliphatic rings. The molecular formula is C40H58N4O13S2. The van der Waals surface area contributed by atoms with Crippen LogP contribution in [0.1, 0.15) is 108 Å². The Morgan fingerprint density at radius 3 is 2.36 bits per heavy atom. The van der Waals surface area contributed by atoms with Gasteiger partial charge in [-0.3, -0.25) is 24.0 Å². The summed E-state index contributed by atoms with van der Waals surface area (Å²) in [5.41, 5.74) is 2.06. The van der Waals surface area contributed by atoms with E-state index < -0.39 is 61.6 Å². The van der Waals surface area contributed by atoms with Crippen molar-refractivity contribution < 1.29 is 62.9 Å². The third-order valence-electron chi connectivity index (χ3n) is 10.5. The fraction of sp³-hybridized carbons (Fsp3) is 0.675. The third kappa shape index (κ3) is 14.7. The maximum Gasteiger partial charge on any atom is 0.326 e. The molecule has 3 N–H and O–H groups in total. The highest BCUT2D eigenvalue weighted by Crippen LogP contribution is 2.36. The van der Waals surface area contributed by atoms with E-state index in [1.807, 2.05) is 0 Å². The average Bonchev–Trinajstić information content (AvgIpc) is 3.71. The lowest BCUT2D eigenvalue weighted by Gasteiger charge is -2.39. The molecule has 328 valence electrons. The van der Waals surface area contributed by atoms with Crippen LogP contribution in [-0.2, 0) is 38.1 Å². The lowest BCUT2D eigenvalue weighted by molar-refractivity contribution is -0.227. The number of nitrogens with zero attached hydrogens (tertiary/aromatic N) is 4. The lowest BCUT2D eigenvalue weighted by atomic mass is 9.91. The second kappa shape index (κ2) is 24.5. The van der Waals surface area contributed by atoms with E-state index in [1.165, 1.54) is 22.6 Å². The molecule has 1 aliphatic heterocycles. The summed E-state index contributed by atoms with van der Waals surface area (Å²) >= 11 is 0. The van der Waals surface area contributed by atoms with Crippen LogP contribution in [-0.4, -0.2) is 141 Å². The number of carbonyl (C=O) groups is 5. The van der Waals surface area contributed by atoms with Gasteiger partial charge in [-0.1, -0.05) is 47.8 Å². The number of aliphatic hydroxyl groups excluding tert-OH is 3. The summed E-state index contributed by atoms with van der Waals surface area (Å²) in [5, 5.41) is 37.8. The number of allylic oxidation sites excluding steroid dienone is 1. The number of benzene rings is 1. The van der Waals surface area contributed by atoms with Crippen LogP contribution in [0, 0.1) is 0 Å². The van der Waals surface area contributed by atoms with Gasteiger partial charge in [0.2, 0.25) is 6.41 Å². The second-order valence-electron chi connectivity index (χ2n) is 14.9. The molecule has 2 aromatic rings. The maximum atomic E-state index is 13.1. The number of esters is 3. The van der Waals surface area contributed by atoms with E-state index in [-0.39, 0.29) is 50.3 Å². The Balaban J connectivity index is 1.18. The van der Waals surface area contributed by atoms with Crippen LogP contribution >= 0.6 is 21.6 Å². The van der Waals surface area contributed by atoms with Crippen molar-refractivity contribution in [3.8, 4) is 0 Å². The molecule has 19 heteroatoms. The van der Waals surface area contributed by atoms with Gasteiger partial charge in [-0.2, -0.15) is 0 Å². The Hall–Kier alpha value is -3.75. The predicted molar refractivity (Wildman–Crippen MR) is 218 cm³/mol. The summed E-state index contributed by atoms with van der Waals surface area (Å²) in [6.45, 7) is 4.54. The van der Waals surface area contributed by atoms with Crippen LogP contribution in [0.25, 0.3) is 11.0 Å². The number of carbonyl (C=O) groups excluding carboxylic acids is 5.